The quantitative estimate of drug-likeness (QED) is 0.780. The van der Waals surface area contributed by atoms with Crippen molar-refractivity contribution in [3.05, 3.63) is 22.4 Å². The number of hydrogen-bond donors (Lipinski definition) is 1. The van der Waals surface area contributed by atoms with Crippen LogP contribution in [0.1, 0.15) is 50.0 Å². The fraction of sp³-hybridized carbons (Fsp3) is 0.714. The van der Waals surface area contributed by atoms with Gasteiger partial charge in [0, 0.05) is 17.5 Å². The number of thiophene rings is 1. The topological polar surface area (TPSA) is 21.3 Å². The average Bonchev–Trinajstić information content (AvgIpc) is 2.89. The number of nitrogens with one attached hydrogen (secondary N) is 1. The van der Waals surface area contributed by atoms with Crippen molar-refractivity contribution >= 4 is 11.3 Å². The molecule has 2 nitrogen and oxygen atoms in total. The predicted octanol–water partition coefficient (Wildman–Crippen LogP) is 3.75. The highest BCUT2D eigenvalue weighted by Gasteiger charge is 2.12. The first-order valence-electron chi connectivity index (χ1n) is 6.74. The lowest BCUT2D eigenvalue weighted by Gasteiger charge is -2.23. The van der Waals surface area contributed by atoms with Gasteiger partial charge in [-0.15, -0.1) is 11.3 Å². The Morgan fingerprint density at radius 1 is 1.53 bits per heavy atom. The number of rotatable bonds is 6. The zero-order valence-electron chi connectivity index (χ0n) is 10.7. The molecule has 0 radical (unpaired) electrons. The zero-order chi connectivity index (χ0) is 11.9. The monoisotopic (exact) mass is 253 g/mol. The summed E-state index contributed by atoms with van der Waals surface area (Å²) in [7, 11) is 0. The second-order valence-electron chi connectivity index (χ2n) is 4.82. The molecule has 1 saturated heterocycles. The van der Waals surface area contributed by atoms with E-state index in [0.717, 1.165) is 12.6 Å². The van der Waals surface area contributed by atoms with Crippen LogP contribution in [0.5, 0.6) is 0 Å². The van der Waals surface area contributed by atoms with E-state index in [-0.39, 0.29) is 6.10 Å². The van der Waals surface area contributed by atoms with Gasteiger partial charge in [0.1, 0.15) is 0 Å². The van der Waals surface area contributed by atoms with Gasteiger partial charge in [-0.05, 0) is 50.6 Å². The summed E-state index contributed by atoms with van der Waals surface area (Å²) in [6.07, 6.45) is 6.78. The molecule has 1 aliphatic heterocycles. The van der Waals surface area contributed by atoms with Gasteiger partial charge in [0.05, 0.1) is 6.10 Å². The smallest absolute Gasteiger partial charge is 0.0888 e. The van der Waals surface area contributed by atoms with E-state index >= 15 is 0 Å². The van der Waals surface area contributed by atoms with Gasteiger partial charge in [-0.2, -0.15) is 0 Å². The number of ether oxygens (including phenoxy) is 1. The summed E-state index contributed by atoms with van der Waals surface area (Å²) in [5.74, 6) is 0. The summed E-state index contributed by atoms with van der Waals surface area (Å²) in [6, 6.07) is 4.98. The van der Waals surface area contributed by atoms with Crippen molar-refractivity contribution in [2.45, 2.75) is 51.2 Å². The number of hydrogen-bond acceptors (Lipinski definition) is 3. The largest absolute Gasteiger partial charge is 0.373 e. The second kappa shape index (κ2) is 7.14. The van der Waals surface area contributed by atoms with Crippen LogP contribution in [0.2, 0.25) is 0 Å². The Hall–Kier alpha value is -0.380. The lowest BCUT2D eigenvalue weighted by Crippen LogP contribution is -2.34. The maximum atomic E-state index is 5.86. The zero-order valence-corrected chi connectivity index (χ0v) is 11.5. The van der Waals surface area contributed by atoms with Crippen LogP contribution in [0.4, 0.5) is 0 Å². The standard InChI is InChI=1S/C14H23NOS/c1-12(14-8-5-11-17-14)16-10-4-7-13-6-2-3-9-15-13/h5,8,11-13,15H,2-4,6-7,9-10H2,1H3/t12-,13-/m0/s1. The Morgan fingerprint density at radius 3 is 3.18 bits per heavy atom. The molecule has 2 heterocycles. The summed E-state index contributed by atoms with van der Waals surface area (Å²) in [6.45, 7) is 4.24. The summed E-state index contributed by atoms with van der Waals surface area (Å²) in [4.78, 5) is 1.33. The highest BCUT2D eigenvalue weighted by Crippen LogP contribution is 2.22. The Bertz CT molecular complexity index is 293. The highest BCUT2D eigenvalue weighted by molar-refractivity contribution is 7.10. The molecule has 0 bridgehead atoms. The molecule has 0 saturated carbocycles. The summed E-state index contributed by atoms with van der Waals surface area (Å²) in [5.41, 5.74) is 0. The second-order valence-corrected chi connectivity index (χ2v) is 5.80. The molecule has 96 valence electrons. The van der Waals surface area contributed by atoms with Gasteiger partial charge in [-0.1, -0.05) is 12.5 Å². The highest BCUT2D eigenvalue weighted by atomic mass is 32.1. The molecule has 1 aromatic heterocycles. The molecule has 2 atom stereocenters. The summed E-state index contributed by atoms with van der Waals surface area (Å²) in [5, 5.41) is 5.69. The fourth-order valence-corrected chi connectivity index (χ4v) is 3.10. The first-order chi connectivity index (χ1) is 8.36. The first-order valence-corrected chi connectivity index (χ1v) is 7.62. The molecule has 1 N–H and O–H groups in total. The summed E-state index contributed by atoms with van der Waals surface area (Å²) < 4.78 is 5.86. The van der Waals surface area contributed by atoms with Crippen molar-refractivity contribution in [3.63, 3.8) is 0 Å². The van der Waals surface area contributed by atoms with Crippen LogP contribution >= 0.6 is 11.3 Å². The minimum Gasteiger partial charge on any atom is -0.373 e. The van der Waals surface area contributed by atoms with E-state index in [9.17, 15) is 0 Å². The van der Waals surface area contributed by atoms with Crippen molar-refractivity contribution in [2.24, 2.45) is 0 Å². The van der Waals surface area contributed by atoms with Crippen molar-refractivity contribution < 1.29 is 4.74 Å². The van der Waals surface area contributed by atoms with E-state index in [1.807, 2.05) is 0 Å². The molecule has 1 aliphatic rings. The third kappa shape index (κ3) is 4.41. The van der Waals surface area contributed by atoms with Crippen molar-refractivity contribution in [1.29, 1.82) is 0 Å². The molecule has 0 aromatic carbocycles. The van der Waals surface area contributed by atoms with Gasteiger partial charge in [0.25, 0.3) is 0 Å². The maximum Gasteiger partial charge on any atom is 0.0888 e. The third-order valence-electron chi connectivity index (χ3n) is 3.42. The van der Waals surface area contributed by atoms with Crippen LogP contribution in [0.25, 0.3) is 0 Å². The predicted molar refractivity (Wildman–Crippen MR) is 73.6 cm³/mol. The van der Waals surface area contributed by atoms with E-state index in [1.54, 1.807) is 11.3 Å². The molecule has 2 rings (SSSR count). The normalized spacial score (nSPS) is 22.5. The van der Waals surface area contributed by atoms with Crippen molar-refractivity contribution in [3.8, 4) is 0 Å². The molecule has 1 aromatic rings. The molecular weight excluding hydrogens is 230 g/mol. The lowest BCUT2D eigenvalue weighted by molar-refractivity contribution is 0.0635. The van der Waals surface area contributed by atoms with Crippen molar-refractivity contribution in [2.75, 3.05) is 13.2 Å². The Kier molecular flexibility index (Phi) is 5.49. The third-order valence-corrected chi connectivity index (χ3v) is 4.45. The molecule has 3 heteroatoms. The number of piperidine rings is 1. The first kappa shape index (κ1) is 13.1. The molecule has 0 unspecified atom stereocenters. The van der Waals surface area contributed by atoms with Crippen LogP contribution in [-0.4, -0.2) is 19.2 Å². The average molecular weight is 253 g/mol. The molecule has 0 amide bonds. The van der Waals surface area contributed by atoms with E-state index in [0.29, 0.717) is 0 Å². The van der Waals surface area contributed by atoms with E-state index in [1.165, 1.54) is 43.5 Å². The Morgan fingerprint density at radius 2 is 2.47 bits per heavy atom. The summed E-state index contributed by atoms with van der Waals surface area (Å²) >= 11 is 1.78. The maximum absolute atomic E-state index is 5.86. The van der Waals surface area contributed by atoms with E-state index in [4.69, 9.17) is 4.74 Å². The van der Waals surface area contributed by atoms with Gasteiger partial charge >= 0.3 is 0 Å². The van der Waals surface area contributed by atoms with E-state index in [2.05, 4.69) is 29.8 Å². The molecule has 1 fully saturated rings. The van der Waals surface area contributed by atoms with Crippen LogP contribution in [-0.2, 0) is 4.74 Å². The van der Waals surface area contributed by atoms with Gasteiger partial charge in [0.15, 0.2) is 0 Å². The Labute approximate surface area is 108 Å². The van der Waals surface area contributed by atoms with Crippen LogP contribution in [0.15, 0.2) is 17.5 Å². The molecule has 0 aliphatic carbocycles. The lowest BCUT2D eigenvalue weighted by atomic mass is 10.0. The minimum absolute atomic E-state index is 0.259. The molecule has 17 heavy (non-hydrogen) atoms. The SMILES string of the molecule is C[C@H](OCCC[C@@H]1CCCCN1)c1cccs1. The minimum atomic E-state index is 0.259. The fourth-order valence-electron chi connectivity index (χ4n) is 2.36. The van der Waals surface area contributed by atoms with Crippen LogP contribution in [0, 0.1) is 0 Å². The molecular formula is C14H23NOS. The molecule has 0 spiro atoms. The van der Waals surface area contributed by atoms with Gasteiger partial charge in [-0.3, -0.25) is 0 Å². The van der Waals surface area contributed by atoms with Gasteiger partial charge in [-0.25, -0.2) is 0 Å². The van der Waals surface area contributed by atoms with Gasteiger partial charge in [0.2, 0.25) is 0 Å². The van der Waals surface area contributed by atoms with Crippen LogP contribution in [0.3, 0.4) is 0 Å². The Balaban J connectivity index is 1.56. The van der Waals surface area contributed by atoms with Crippen molar-refractivity contribution in [1.82, 2.24) is 5.32 Å². The van der Waals surface area contributed by atoms with Crippen LogP contribution < -0.4 is 5.32 Å². The van der Waals surface area contributed by atoms with E-state index < -0.39 is 0 Å². The van der Waals surface area contributed by atoms with Gasteiger partial charge < -0.3 is 10.1 Å².